The highest BCUT2D eigenvalue weighted by molar-refractivity contribution is 5.90. The van der Waals surface area contributed by atoms with Gasteiger partial charge in [-0.05, 0) is 37.0 Å². The molecule has 1 atom stereocenters. The number of nitrogens with one attached hydrogen (secondary N) is 1. The van der Waals surface area contributed by atoms with Crippen molar-refractivity contribution in [2.45, 2.75) is 12.5 Å². The Morgan fingerprint density at radius 3 is 2.62 bits per heavy atom. The standard InChI is InChI=1S/C26H26N4O2/c1-29(2)14-15-30-16-28-26-24(25(30)27)23(19-10-6-7-11-20(19)31-3)22-18-9-5-4-8-17(18)12-13-21(22)32-26/h4-13,16,23,27H,14-15H2,1-3H3. The zero-order valence-corrected chi connectivity index (χ0v) is 18.5. The minimum Gasteiger partial charge on any atom is -0.496 e. The Balaban J connectivity index is 1.81. The maximum Gasteiger partial charge on any atom is 0.228 e. The largest absolute Gasteiger partial charge is 0.496 e. The Morgan fingerprint density at radius 2 is 1.81 bits per heavy atom. The van der Waals surface area contributed by atoms with Crippen LogP contribution in [0.25, 0.3) is 10.8 Å². The molecule has 1 aromatic heterocycles. The minimum atomic E-state index is -0.234. The Hall–Kier alpha value is -3.64. The number of para-hydroxylation sites is 1. The fourth-order valence-corrected chi connectivity index (χ4v) is 4.45. The third kappa shape index (κ3) is 3.33. The van der Waals surface area contributed by atoms with Crippen molar-refractivity contribution in [3.63, 3.8) is 0 Å². The molecule has 0 saturated carbocycles. The first kappa shape index (κ1) is 20.3. The summed E-state index contributed by atoms with van der Waals surface area (Å²) in [7, 11) is 5.74. The number of rotatable bonds is 5. The van der Waals surface area contributed by atoms with E-state index in [1.807, 2.05) is 55.1 Å². The van der Waals surface area contributed by atoms with Crippen molar-refractivity contribution in [1.29, 1.82) is 5.41 Å². The van der Waals surface area contributed by atoms with Crippen LogP contribution in [0.1, 0.15) is 22.6 Å². The highest BCUT2D eigenvalue weighted by atomic mass is 16.5. The predicted octanol–water partition coefficient (Wildman–Crippen LogP) is 4.37. The molecule has 0 saturated heterocycles. The second-order valence-corrected chi connectivity index (χ2v) is 8.28. The minimum absolute atomic E-state index is 0.234. The van der Waals surface area contributed by atoms with Crippen LogP contribution in [-0.2, 0) is 6.54 Å². The number of hydrogen-bond donors (Lipinski definition) is 1. The Kier molecular flexibility index (Phi) is 5.15. The molecule has 5 rings (SSSR count). The lowest BCUT2D eigenvalue weighted by Crippen LogP contribution is -2.32. The molecule has 4 aromatic rings. The lowest BCUT2D eigenvalue weighted by Gasteiger charge is -2.30. The summed E-state index contributed by atoms with van der Waals surface area (Å²) in [6.07, 6.45) is 1.70. The molecule has 6 nitrogen and oxygen atoms in total. The molecule has 0 bridgehead atoms. The van der Waals surface area contributed by atoms with E-state index in [-0.39, 0.29) is 5.92 Å². The highest BCUT2D eigenvalue weighted by Crippen LogP contribution is 2.49. The lowest BCUT2D eigenvalue weighted by molar-refractivity contribution is 0.370. The summed E-state index contributed by atoms with van der Waals surface area (Å²) in [6, 6.07) is 20.4. The smallest absolute Gasteiger partial charge is 0.228 e. The van der Waals surface area contributed by atoms with Gasteiger partial charge >= 0.3 is 0 Å². The van der Waals surface area contributed by atoms with E-state index in [9.17, 15) is 0 Å². The van der Waals surface area contributed by atoms with Crippen molar-refractivity contribution in [2.75, 3.05) is 27.7 Å². The fourth-order valence-electron chi connectivity index (χ4n) is 4.45. The van der Waals surface area contributed by atoms with Crippen LogP contribution >= 0.6 is 0 Å². The fraction of sp³-hybridized carbons (Fsp3) is 0.231. The van der Waals surface area contributed by atoms with Crippen LogP contribution in [0.3, 0.4) is 0 Å². The van der Waals surface area contributed by atoms with Crippen LogP contribution in [0.2, 0.25) is 0 Å². The summed E-state index contributed by atoms with van der Waals surface area (Å²) < 4.78 is 13.9. The second-order valence-electron chi connectivity index (χ2n) is 8.28. The molecule has 1 unspecified atom stereocenters. The van der Waals surface area contributed by atoms with Gasteiger partial charge in [0.05, 0.1) is 18.6 Å². The van der Waals surface area contributed by atoms with E-state index >= 15 is 0 Å². The van der Waals surface area contributed by atoms with Crippen molar-refractivity contribution in [2.24, 2.45) is 0 Å². The summed E-state index contributed by atoms with van der Waals surface area (Å²) in [5, 5.41) is 11.3. The van der Waals surface area contributed by atoms with Gasteiger partial charge in [-0.2, -0.15) is 0 Å². The summed E-state index contributed by atoms with van der Waals surface area (Å²) in [5.41, 5.74) is 3.21. The number of fused-ring (bicyclic) bond motifs is 4. The summed E-state index contributed by atoms with van der Waals surface area (Å²) in [4.78, 5) is 6.73. The SMILES string of the molecule is COc1ccccc1C1c2c(ncn(CCN(C)C)c2=N)Oc2ccc3ccccc3c21. The van der Waals surface area contributed by atoms with Crippen LogP contribution in [0.5, 0.6) is 17.4 Å². The van der Waals surface area contributed by atoms with Crippen LogP contribution < -0.4 is 15.0 Å². The molecule has 162 valence electrons. The van der Waals surface area contributed by atoms with Crippen LogP contribution in [-0.4, -0.2) is 42.2 Å². The molecule has 6 heteroatoms. The van der Waals surface area contributed by atoms with Gasteiger partial charge in [-0.3, -0.25) is 5.41 Å². The van der Waals surface area contributed by atoms with Crippen LogP contribution in [0.4, 0.5) is 0 Å². The molecule has 1 N–H and O–H groups in total. The molecular formula is C26H26N4O2. The Labute approximate surface area is 187 Å². The maximum absolute atomic E-state index is 9.11. The molecule has 0 fully saturated rings. The molecule has 2 heterocycles. The number of benzene rings is 3. The number of ether oxygens (including phenoxy) is 2. The van der Waals surface area contributed by atoms with E-state index in [0.29, 0.717) is 17.9 Å². The Bertz CT molecular complexity index is 1360. The van der Waals surface area contributed by atoms with Crippen molar-refractivity contribution in [3.8, 4) is 17.4 Å². The van der Waals surface area contributed by atoms with Crippen molar-refractivity contribution < 1.29 is 9.47 Å². The molecule has 0 radical (unpaired) electrons. The van der Waals surface area contributed by atoms with Crippen molar-refractivity contribution >= 4 is 10.8 Å². The molecule has 1 aliphatic rings. The van der Waals surface area contributed by atoms with Gasteiger partial charge in [0.2, 0.25) is 5.88 Å². The van der Waals surface area contributed by atoms with Crippen LogP contribution in [0.15, 0.2) is 67.0 Å². The quantitative estimate of drug-likeness (QED) is 0.453. The third-order valence-corrected chi connectivity index (χ3v) is 6.04. The zero-order chi connectivity index (χ0) is 22.2. The average Bonchev–Trinajstić information content (AvgIpc) is 2.82. The average molecular weight is 427 g/mol. The number of likely N-dealkylation sites (N-methyl/N-ethyl adjacent to an activating group) is 1. The van der Waals surface area contributed by atoms with Gasteiger partial charge in [-0.25, -0.2) is 4.98 Å². The van der Waals surface area contributed by atoms with Crippen LogP contribution in [0, 0.1) is 5.41 Å². The van der Waals surface area contributed by atoms with E-state index < -0.39 is 0 Å². The molecule has 0 aliphatic carbocycles. The number of methoxy groups -OCH3 is 1. The second kappa shape index (κ2) is 8.13. The van der Waals surface area contributed by atoms with Crippen molar-refractivity contribution in [3.05, 3.63) is 89.2 Å². The molecule has 3 aromatic carbocycles. The number of aromatic nitrogens is 2. The van der Waals surface area contributed by atoms with Gasteiger partial charge in [0.15, 0.2) is 0 Å². The summed E-state index contributed by atoms with van der Waals surface area (Å²) in [6.45, 7) is 1.49. The van der Waals surface area contributed by atoms with Gasteiger partial charge in [0.25, 0.3) is 0 Å². The predicted molar refractivity (Wildman–Crippen MR) is 125 cm³/mol. The van der Waals surface area contributed by atoms with Gasteiger partial charge < -0.3 is 18.9 Å². The molecule has 0 amide bonds. The Morgan fingerprint density at radius 1 is 1.03 bits per heavy atom. The normalized spacial score (nSPS) is 14.7. The molecular weight excluding hydrogens is 400 g/mol. The number of nitrogens with zero attached hydrogens (tertiary/aromatic N) is 3. The number of hydrogen-bond acceptors (Lipinski definition) is 5. The first-order valence-corrected chi connectivity index (χ1v) is 10.7. The topological polar surface area (TPSA) is 63.4 Å². The first-order valence-electron chi connectivity index (χ1n) is 10.7. The molecule has 0 spiro atoms. The van der Waals surface area contributed by atoms with Gasteiger partial charge in [-0.15, -0.1) is 0 Å². The van der Waals surface area contributed by atoms with Gasteiger partial charge in [-0.1, -0.05) is 48.5 Å². The highest BCUT2D eigenvalue weighted by Gasteiger charge is 2.35. The van der Waals surface area contributed by atoms with Gasteiger partial charge in [0.1, 0.15) is 23.3 Å². The summed E-state index contributed by atoms with van der Waals surface area (Å²) in [5.74, 6) is 1.80. The first-order chi connectivity index (χ1) is 15.6. The van der Waals surface area contributed by atoms with E-state index in [0.717, 1.165) is 45.5 Å². The van der Waals surface area contributed by atoms with E-state index in [2.05, 4.69) is 34.1 Å². The van der Waals surface area contributed by atoms with E-state index in [1.165, 1.54) is 0 Å². The van der Waals surface area contributed by atoms with Gasteiger partial charge in [0, 0.05) is 24.2 Å². The van der Waals surface area contributed by atoms with E-state index in [1.54, 1.807) is 13.4 Å². The maximum atomic E-state index is 9.11. The zero-order valence-electron chi connectivity index (χ0n) is 18.5. The van der Waals surface area contributed by atoms with E-state index in [4.69, 9.17) is 14.9 Å². The third-order valence-electron chi connectivity index (χ3n) is 6.04. The molecule has 32 heavy (non-hydrogen) atoms. The van der Waals surface area contributed by atoms with Crippen molar-refractivity contribution in [1.82, 2.24) is 14.5 Å². The lowest BCUT2D eigenvalue weighted by atomic mass is 9.81. The molecule has 1 aliphatic heterocycles. The summed E-state index contributed by atoms with van der Waals surface area (Å²) >= 11 is 0. The monoisotopic (exact) mass is 426 g/mol.